The fraction of sp³-hybridized carbons (Fsp3) is 0.400. The monoisotopic (exact) mass is 361 g/mol. The third-order valence-electron chi connectivity index (χ3n) is 5.93. The molecule has 0 heterocycles. The summed E-state index contributed by atoms with van der Waals surface area (Å²) in [6, 6.07) is 15.7. The number of hydrogen-bond acceptors (Lipinski definition) is 2. The van der Waals surface area contributed by atoms with Crippen LogP contribution in [-0.2, 0) is 10.3 Å². The number of benzene rings is 2. The van der Waals surface area contributed by atoms with Crippen molar-refractivity contribution in [3.05, 3.63) is 71.0 Å². The summed E-state index contributed by atoms with van der Waals surface area (Å²) < 4.78 is 0. The van der Waals surface area contributed by atoms with Crippen molar-refractivity contribution in [2.24, 2.45) is 5.16 Å². The highest BCUT2D eigenvalue weighted by Gasteiger charge is 2.40. The number of hydrogen-bond donors (Lipinski definition) is 0. The summed E-state index contributed by atoms with van der Waals surface area (Å²) in [4.78, 5) is 5.62. The SMILES string of the molecule is CC/C=C(/C)O/N=C(\CC)c1ccc2c(c1)C(CC)(CC)c1ccccc1-2. The van der Waals surface area contributed by atoms with Gasteiger partial charge in [0, 0.05) is 5.41 Å². The molecular formula is C25H31NO. The first-order valence-corrected chi connectivity index (χ1v) is 10.3. The first kappa shape index (κ1) is 19.4. The first-order chi connectivity index (χ1) is 13.1. The minimum absolute atomic E-state index is 0.0969. The van der Waals surface area contributed by atoms with E-state index in [0.717, 1.165) is 37.2 Å². The van der Waals surface area contributed by atoms with Gasteiger partial charge in [0.1, 0.15) is 5.76 Å². The molecule has 2 nitrogen and oxygen atoms in total. The van der Waals surface area contributed by atoms with Crippen LogP contribution in [0.5, 0.6) is 0 Å². The summed E-state index contributed by atoms with van der Waals surface area (Å²) in [5.41, 5.74) is 7.92. The molecule has 2 heteroatoms. The number of oxime groups is 1. The molecule has 1 aliphatic rings. The van der Waals surface area contributed by atoms with Crippen molar-refractivity contribution in [2.75, 3.05) is 0 Å². The van der Waals surface area contributed by atoms with Crippen molar-refractivity contribution in [2.45, 2.75) is 65.7 Å². The summed E-state index contributed by atoms with van der Waals surface area (Å²) in [7, 11) is 0. The van der Waals surface area contributed by atoms with Crippen LogP contribution in [0.3, 0.4) is 0 Å². The standard InChI is InChI=1S/C25H31NO/c1-6-12-18(5)27-26-24(7-2)19-15-16-21-20-13-10-11-14-22(20)25(8-3,9-4)23(21)17-19/h10-17H,6-9H2,1-5H3/b18-12-,26-24+. The zero-order valence-corrected chi connectivity index (χ0v) is 17.3. The molecule has 2 aromatic rings. The molecule has 0 saturated heterocycles. The molecule has 0 saturated carbocycles. The number of rotatable bonds is 7. The second kappa shape index (κ2) is 8.12. The Kier molecular flexibility index (Phi) is 5.84. The molecule has 0 atom stereocenters. The highest BCUT2D eigenvalue weighted by atomic mass is 16.6. The third-order valence-corrected chi connectivity index (χ3v) is 5.93. The molecular weight excluding hydrogens is 330 g/mol. The Morgan fingerprint density at radius 3 is 2.33 bits per heavy atom. The average molecular weight is 362 g/mol. The highest BCUT2D eigenvalue weighted by Crippen LogP contribution is 2.52. The third kappa shape index (κ3) is 3.34. The van der Waals surface area contributed by atoms with E-state index in [1.807, 2.05) is 6.92 Å². The Hall–Kier alpha value is -2.35. The van der Waals surface area contributed by atoms with Crippen LogP contribution >= 0.6 is 0 Å². The molecule has 2 aromatic carbocycles. The van der Waals surface area contributed by atoms with Crippen LogP contribution in [0.4, 0.5) is 0 Å². The highest BCUT2D eigenvalue weighted by molar-refractivity contribution is 6.01. The lowest BCUT2D eigenvalue weighted by molar-refractivity contribution is 0.228. The van der Waals surface area contributed by atoms with E-state index < -0.39 is 0 Å². The van der Waals surface area contributed by atoms with Gasteiger partial charge in [-0.2, -0.15) is 0 Å². The summed E-state index contributed by atoms with van der Waals surface area (Å²) in [5, 5.41) is 4.45. The predicted octanol–water partition coefficient (Wildman–Crippen LogP) is 7.22. The van der Waals surface area contributed by atoms with Crippen LogP contribution in [-0.4, -0.2) is 5.71 Å². The van der Waals surface area contributed by atoms with Gasteiger partial charge in [-0.05, 0) is 72.6 Å². The molecule has 0 radical (unpaired) electrons. The molecule has 0 N–H and O–H groups in total. The van der Waals surface area contributed by atoms with Crippen LogP contribution in [0.25, 0.3) is 11.1 Å². The zero-order valence-electron chi connectivity index (χ0n) is 17.3. The average Bonchev–Trinajstić information content (AvgIpc) is 2.98. The van der Waals surface area contributed by atoms with Gasteiger partial charge in [-0.1, -0.05) is 69.2 Å². The van der Waals surface area contributed by atoms with Gasteiger partial charge in [-0.25, -0.2) is 0 Å². The normalized spacial score (nSPS) is 15.4. The molecule has 0 amide bonds. The van der Waals surface area contributed by atoms with Crippen molar-refractivity contribution >= 4 is 5.71 Å². The van der Waals surface area contributed by atoms with Gasteiger partial charge in [-0.3, -0.25) is 0 Å². The molecule has 1 aliphatic carbocycles. The maximum absolute atomic E-state index is 5.62. The second-order valence-electron chi connectivity index (χ2n) is 7.30. The van der Waals surface area contributed by atoms with Crippen LogP contribution < -0.4 is 0 Å². The maximum Gasteiger partial charge on any atom is 0.128 e. The number of fused-ring (bicyclic) bond motifs is 3. The van der Waals surface area contributed by atoms with E-state index in [4.69, 9.17) is 4.84 Å². The lowest BCUT2D eigenvalue weighted by Crippen LogP contribution is -2.23. The lowest BCUT2D eigenvalue weighted by atomic mass is 9.73. The van der Waals surface area contributed by atoms with Gasteiger partial charge in [-0.15, -0.1) is 0 Å². The fourth-order valence-corrected chi connectivity index (χ4v) is 4.42. The number of nitrogens with zero attached hydrogens (tertiary/aromatic N) is 1. The minimum Gasteiger partial charge on any atom is -0.362 e. The topological polar surface area (TPSA) is 21.6 Å². The Morgan fingerprint density at radius 1 is 0.963 bits per heavy atom. The fourth-order valence-electron chi connectivity index (χ4n) is 4.42. The smallest absolute Gasteiger partial charge is 0.128 e. The Bertz CT molecular complexity index is 872. The van der Waals surface area contributed by atoms with E-state index >= 15 is 0 Å². The largest absolute Gasteiger partial charge is 0.362 e. The van der Waals surface area contributed by atoms with Gasteiger partial charge < -0.3 is 4.84 Å². The quantitative estimate of drug-likeness (QED) is 0.290. The van der Waals surface area contributed by atoms with Gasteiger partial charge in [0.25, 0.3) is 0 Å². The van der Waals surface area contributed by atoms with Gasteiger partial charge in [0.2, 0.25) is 0 Å². The summed E-state index contributed by atoms with van der Waals surface area (Å²) in [6.45, 7) is 10.8. The van der Waals surface area contributed by atoms with Gasteiger partial charge >= 0.3 is 0 Å². The molecule has 0 unspecified atom stereocenters. The predicted molar refractivity (Wildman–Crippen MR) is 115 cm³/mol. The van der Waals surface area contributed by atoms with Crippen molar-refractivity contribution in [3.8, 4) is 11.1 Å². The molecule has 0 aliphatic heterocycles. The molecule has 142 valence electrons. The molecule has 0 aromatic heterocycles. The summed E-state index contributed by atoms with van der Waals surface area (Å²) >= 11 is 0. The van der Waals surface area contributed by atoms with Crippen LogP contribution in [0.1, 0.15) is 77.0 Å². The Balaban J connectivity index is 2.08. The molecule has 3 rings (SSSR count). The second-order valence-corrected chi connectivity index (χ2v) is 7.30. The van der Waals surface area contributed by atoms with Crippen molar-refractivity contribution in [1.29, 1.82) is 0 Å². The molecule has 0 fully saturated rings. The van der Waals surface area contributed by atoms with Gasteiger partial charge in [0.15, 0.2) is 0 Å². The molecule has 27 heavy (non-hydrogen) atoms. The van der Waals surface area contributed by atoms with Gasteiger partial charge in [0.05, 0.1) is 5.71 Å². The van der Waals surface area contributed by atoms with E-state index in [2.05, 4.69) is 81.4 Å². The van der Waals surface area contributed by atoms with E-state index in [1.165, 1.54) is 27.8 Å². The Morgan fingerprint density at radius 2 is 1.67 bits per heavy atom. The summed E-state index contributed by atoms with van der Waals surface area (Å²) in [5.74, 6) is 0.855. The van der Waals surface area contributed by atoms with Crippen molar-refractivity contribution in [3.63, 3.8) is 0 Å². The van der Waals surface area contributed by atoms with Crippen molar-refractivity contribution < 1.29 is 4.84 Å². The van der Waals surface area contributed by atoms with Crippen molar-refractivity contribution in [1.82, 2.24) is 0 Å². The lowest BCUT2D eigenvalue weighted by Gasteiger charge is -2.30. The first-order valence-electron chi connectivity index (χ1n) is 10.3. The van der Waals surface area contributed by atoms with E-state index in [0.29, 0.717) is 0 Å². The van der Waals surface area contributed by atoms with Crippen LogP contribution in [0.15, 0.2) is 59.5 Å². The molecule has 0 bridgehead atoms. The van der Waals surface area contributed by atoms with E-state index in [1.54, 1.807) is 0 Å². The maximum atomic E-state index is 5.62. The van der Waals surface area contributed by atoms with Crippen LogP contribution in [0.2, 0.25) is 0 Å². The number of allylic oxidation sites excluding steroid dienone is 2. The van der Waals surface area contributed by atoms with E-state index in [9.17, 15) is 0 Å². The molecule has 0 spiro atoms. The van der Waals surface area contributed by atoms with Crippen LogP contribution in [0, 0.1) is 0 Å². The van der Waals surface area contributed by atoms with E-state index in [-0.39, 0.29) is 5.41 Å². The zero-order chi connectivity index (χ0) is 19.4. The summed E-state index contributed by atoms with van der Waals surface area (Å²) in [6.07, 6.45) is 6.05. The minimum atomic E-state index is 0.0969. The Labute approximate surface area is 164 Å².